The molecule has 0 spiro atoms. The quantitative estimate of drug-likeness (QED) is 0.126. The second kappa shape index (κ2) is 19.5. The minimum atomic E-state index is 0.250. The molecular formula is C77H51N3O2. The van der Waals surface area contributed by atoms with Crippen LogP contribution in [0.5, 0.6) is 0 Å². The Hall–Kier alpha value is -10.4. The third kappa shape index (κ3) is 8.49. The van der Waals surface area contributed by atoms with Crippen LogP contribution in [-0.2, 0) is 0 Å². The fourth-order valence-corrected chi connectivity index (χ4v) is 12.5. The molecular weight excluding hydrogens is 999 g/mol. The summed E-state index contributed by atoms with van der Waals surface area (Å²) >= 11 is 0. The smallest absolute Gasteiger partial charge is 0.143 e. The Morgan fingerprint density at radius 1 is 0.293 bits per heavy atom. The van der Waals surface area contributed by atoms with Crippen molar-refractivity contribution in [1.29, 1.82) is 5.26 Å². The maximum Gasteiger partial charge on any atom is 0.143 e. The first kappa shape index (κ1) is 47.6. The van der Waals surface area contributed by atoms with Crippen molar-refractivity contribution >= 4 is 43.9 Å². The number of hydrogen-bond donors (Lipinski definition) is 2. The van der Waals surface area contributed by atoms with Gasteiger partial charge in [0, 0.05) is 57.8 Å². The Balaban J connectivity index is 0.810. The Morgan fingerprint density at radius 2 is 0.659 bits per heavy atom. The monoisotopic (exact) mass is 1050 g/mol. The van der Waals surface area contributed by atoms with E-state index in [4.69, 9.17) is 8.83 Å². The molecule has 2 N–H and O–H groups in total. The average molecular weight is 1050 g/mol. The van der Waals surface area contributed by atoms with E-state index in [0.717, 1.165) is 124 Å². The third-order valence-electron chi connectivity index (χ3n) is 16.8. The van der Waals surface area contributed by atoms with Gasteiger partial charge >= 0.3 is 0 Å². The van der Waals surface area contributed by atoms with Crippen molar-refractivity contribution in [2.45, 2.75) is 12.1 Å². The zero-order valence-electron chi connectivity index (χ0n) is 44.7. The van der Waals surface area contributed by atoms with Crippen molar-refractivity contribution in [3.05, 3.63) is 278 Å². The van der Waals surface area contributed by atoms with Crippen LogP contribution in [0, 0.1) is 11.3 Å². The van der Waals surface area contributed by atoms with Crippen LogP contribution in [0.15, 0.2) is 270 Å². The molecule has 2 saturated heterocycles. The first-order valence-electron chi connectivity index (χ1n) is 28.2. The SMILES string of the molecule is N#Cc1cc(-c2cccc3c2oc2ccccc23)ccc1-c1cc(-c2cccc(-c3ccc(-c4cccc(-c5ccccc5)c4)cc3C3CN3)c2)cc(-c2cccc(-c3ccc(-c4cccc5c4oc4ccccc45)cc3C3CN3)c2)c1. The normalized spacial score (nSPS) is 14.6. The van der Waals surface area contributed by atoms with Crippen LogP contribution in [0.25, 0.3) is 144 Å². The van der Waals surface area contributed by atoms with Crippen molar-refractivity contribution in [2.24, 2.45) is 0 Å². The first-order valence-corrected chi connectivity index (χ1v) is 28.2. The van der Waals surface area contributed by atoms with Crippen LogP contribution < -0.4 is 10.6 Å². The van der Waals surface area contributed by atoms with Gasteiger partial charge in [0.05, 0.1) is 11.6 Å². The number of rotatable bonds is 11. The number of hydrogen-bond acceptors (Lipinski definition) is 5. The largest absolute Gasteiger partial charge is 0.455 e. The summed E-state index contributed by atoms with van der Waals surface area (Å²) in [6.45, 7) is 1.87. The van der Waals surface area contributed by atoms with Crippen molar-refractivity contribution in [2.75, 3.05) is 13.1 Å². The van der Waals surface area contributed by atoms with E-state index in [0.29, 0.717) is 5.56 Å². The third-order valence-corrected chi connectivity index (χ3v) is 16.8. The molecule has 0 saturated carbocycles. The standard InChI is InChI=1S/C77H51N3O2/c78-44-60-38-55(64-23-11-25-68-66-21-4-6-27-74(66)81-76(64)68)30-32-61(60)59-40-57(50-17-9-19-53(36-50)62-33-29-52(42-70(62)72-45-79-72)49-16-8-15-48(35-49)47-13-2-1-3-14-47)39-58(41-59)51-18-10-20-54(37-51)63-34-31-56(43-71(63)73-46-80-73)65-24-12-26-69-67-22-5-7-28-75(67)82-77(65)69/h1-43,72-73,79-80H,45-46H2. The summed E-state index contributed by atoms with van der Waals surface area (Å²) < 4.78 is 13.0. The lowest BCUT2D eigenvalue weighted by Crippen LogP contribution is -1.94. The zero-order chi connectivity index (χ0) is 54.3. The molecule has 2 aromatic heterocycles. The summed E-state index contributed by atoms with van der Waals surface area (Å²) in [5.74, 6) is 0. The van der Waals surface area contributed by atoms with Crippen molar-refractivity contribution in [3.8, 4) is 106 Å². The summed E-state index contributed by atoms with van der Waals surface area (Å²) in [5.41, 5.74) is 26.4. The van der Waals surface area contributed by atoms with Gasteiger partial charge in [0.15, 0.2) is 0 Å². The Kier molecular flexibility index (Phi) is 11.3. The van der Waals surface area contributed by atoms with Crippen molar-refractivity contribution in [1.82, 2.24) is 10.6 Å². The Labute approximate surface area is 475 Å². The predicted octanol–water partition coefficient (Wildman–Crippen LogP) is 19.6. The summed E-state index contributed by atoms with van der Waals surface area (Å²) in [4.78, 5) is 0. The molecule has 0 aliphatic carbocycles. The van der Waals surface area contributed by atoms with E-state index < -0.39 is 0 Å². The fraction of sp³-hybridized carbons (Fsp3) is 0.0519. The molecule has 2 fully saturated rings. The molecule has 386 valence electrons. The van der Waals surface area contributed by atoms with Gasteiger partial charge in [-0.25, -0.2) is 0 Å². The van der Waals surface area contributed by atoms with Gasteiger partial charge in [0.2, 0.25) is 0 Å². The van der Waals surface area contributed by atoms with Gasteiger partial charge in [-0.05, 0) is 167 Å². The van der Waals surface area contributed by atoms with Crippen molar-refractivity contribution in [3.63, 3.8) is 0 Å². The zero-order valence-corrected chi connectivity index (χ0v) is 44.7. The van der Waals surface area contributed by atoms with Gasteiger partial charge in [-0.2, -0.15) is 5.26 Å². The van der Waals surface area contributed by atoms with Crippen LogP contribution >= 0.6 is 0 Å². The van der Waals surface area contributed by atoms with Crippen molar-refractivity contribution < 1.29 is 8.83 Å². The number of benzene rings is 12. The van der Waals surface area contributed by atoms with E-state index in [9.17, 15) is 5.26 Å². The molecule has 0 amide bonds. The van der Waals surface area contributed by atoms with Crippen LogP contribution in [0.3, 0.4) is 0 Å². The summed E-state index contributed by atoms with van der Waals surface area (Å²) in [6, 6.07) is 96.6. The molecule has 5 nitrogen and oxygen atoms in total. The highest BCUT2D eigenvalue weighted by atomic mass is 16.3. The lowest BCUT2D eigenvalue weighted by Gasteiger charge is -2.16. The van der Waals surface area contributed by atoms with Gasteiger partial charge < -0.3 is 19.5 Å². The average Bonchev–Trinajstić information content (AvgIpc) is 4.56. The predicted molar refractivity (Wildman–Crippen MR) is 336 cm³/mol. The minimum Gasteiger partial charge on any atom is -0.455 e. The van der Waals surface area contributed by atoms with Gasteiger partial charge in [-0.3, -0.25) is 0 Å². The van der Waals surface area contributed by atoms with E-state index in [2.05, 4.69) is 241 Å². The molecule has 12 aromatic carbocycles. The van der Waals surface area contributed by atoms with Gasteiger partial charge in [0.1, 0.15) is 22.3 Å². The van der Waals surface area contributed by atoms with Crippen LogP contribution in [0.2, 0.25) is 0 Å². The lowest BCUT2D eigenvalue weighted by molar-refractivity contribution is 0.669. The molecule has 2 aliphatic heterocycles. The minimum absolute atomic E-state index is 0.250. The molecule has 2 atom stereocenters. The van der Waals surface area contributed by atoms with Crippen LogP contribution in [0.4, 0.5) is 0 Å². The molecule has 2 unspecified atom stereocenters. The van der Waals surface area contributed by atoms with Gasteiger partial charge in [-0.15, -0.1) is 0 Å². The number of fused-ring (bicyclic) bond motifs is 6. The van der Waals surface area contributed by atoms with Gasteiger partial charge in [0.25, 0.3) is 0 Å². The molecule has 4 heterocycles. The molecule has 0 bridgehead atoms. The topological polar surface area (TPSA) is 94.0 Å². The second-order valence-electron chi connectivity index (χ2n) is 21.9. The summed E-state index contributed by atoms with van der Waals surface area (Å²) in [5, 5.41) is 22.7. The molecule has 16 rings (SSSR count). The molecule has 14 aromatic rings. The van der Waals surface area contributed by atoms with Gasteiger partial charge in [-0.1, -0.05) is 194 Å². The highest BCUT2D eigenvalue weighted by Crippen LogP contribution is 2.45. The summed E-state index contributed by atoms with van der Waals surface area (Å²) in [7, 11) is 0. The lowest BCUT2D eigenvalue weighted by atomic mass is 9.87. The number of furan rings is 2. The molecule has 0 radical (unpaired) electrons. The van der Waals surface area contributed by atoms with E-state index in [1.807, 2.05) is 36.4 Å². The van der Waals surface area contributed by atoms with E-state index in [1.165, 1.54) is 44.5 Å². The number of para-hydroxylation sites is 4. The Bertz CT molecular complexity index is 4910. The number of nitriles is 1. The van der Waals surface area contributed by atoms with E-state index >= 15 is 0 Å². The number of nitrogens with one attached hydrogen (secondary N) is 2. The highest BCUT2D eigenvalue weighted by Gasteiger charge is 2.28. The van der Waals surface area contributed by atoms with E-state index in [1.54, 1.807) is 0 Å². The maximum atomic E-state index is 11.1. The van der Waals surface area contributed by atoms with Crippen LogP contribution in [0.1, 0.15) is 28.8 Å². The first-order chi connectivity index (χ1) is 40.5. The highest BCUT2D eigenvalue weighted by molar-refractivity contribution is 6.11. The summed E-state index contributed by atoms with van der Waals surface area (Å²) in [6.07, 6.45) is 0. The number of nitrogens with zero attached hydrogens (tertiary/aromatic N) is 1. The second-order valence-corrected chi connectivity index (χ2v) is 21.9. The Morgan fingerprint density at radius 3 is 1.21 bits per heavy atom. The molecule has 5 heteroatoms. The maximum absolute atomic E-state index is 11.1. The molecule has 2 aliphatic rings. The molecule has 82 heavy (non-hydrogen) atoms. The van der Waals surface area contributed by atoms with Crippen LogP contribution in [-0.4, -0.2) is 13.1 Å². The fourth-order valence-electron chi connectivity index (χ4n) is 12.5. The van der Waals surface area contributed by atoms with E-state index in [-0.39, 0.29) is 12.1 Å².